The van der Waals surface area contributed by atoms with E-state index in [-0.39, 0.29) is 17.3 Å². The zero-order valence-corrected chi connectivity index (χ0v) is 10.9. The molecule has 1 N–H and O–H groups in total. The highest BCUT2D eigenvalue weighted by molar-refractivity contribution is 7.07. The molecule has 0 atom stereocenters. The minimum atomic E-state index is -0.144. The van der Waals surface area contributed by atoms with Crippen LogP contribution in [0.5, 0.6) is 0 Å². The van der Waals surface area contributed by atoms with E-state index in [0.717, 1.165) is 17.0 Å². The van der Waals surface area contributed by atoms with Gasteiger partial charge in [0.1, 0.15) is 18.7 Å². The summed E-state index contributed by atoms with van der Waals surface area (Å²) < 4.78 is 1.46. The lowest BCUT2D eigenvalue weighted by molar-refractivity contribution is -0.131. The third kappa shape index (κ3) is 2.65. The van der Waals surface area contributed by atoms with E-state index in [9.17, 15) is 9.59 Å². The lowest BCUT2D eigenvalue weighted by Crippen LogP contribution is -2.32. The summed E-state index contributed by atoms with van der Waals surface area (Å²) in [5, 5.41) is 8.14. The predicted octanol–water partition coefficient (Wildman–Crippen LogP) is -0.00508. The Labute approximate surface area is 107 Å². The standard InChI is InChI=1S/C10H13N5O2S/c1-7-5-18-10(17)15(7)4-9(16)14(2)3-8-11-6-12-13-8/h5-6H,3-4H2,1-2H3,(H,11,12,13). The van der Waals surface area contributed by atoms with Crippen molar-refractivity contribution in [3.63, 3.8) is 0 Å². The van der Waals surface area contributed by atoms with Gasteiger partial charge in [0.2, 0.25) is 5.91 Å². The van der Waals surface area contributed by atoms with Crippen LogP contribution in [0.15, 0.2) is 16.5 Å². The zero-order valence-electron chi connectivity index (χ0n) is 10.1. The van der Waals surface area contributed by atoms with E-state index in [2.05, 4.69) is 15.2 Å². The first-order valence-corrected chi connectivity index (χ1v) is 6.19. The number of carbonyl (C=O) groups excluding carboxylic acids is 1. The number of aromatic nitrogens is 4. The van der Waals surface area contributed by atoms with Gasteiger partial charge in [0.05, 0.1) is 6.54 Å². The molecular weight excluding hydrogens is 254 g/mol. The normalized spacial score (nSPS) is 10.6. The van der Waals surface area contributed by atoms with E-state index in [0.29, 0.717) is 12.4 Å². The van der Waals surface area contributed by atoms with Crippen LogP contribution in [0.2, 0.25) is 0 Å². The number of amides is 1. The van der Waals surface area contributed by atoms with Gasteiger partial charge >= 0.3 is 4.87 Å². The van der Waals surface area contributed by atoms with Crippen molar-refractivity contribution in [2.24, 2.45) is 0 Å². The van der Waals surface area contributed by atoms with Gasteiger partial charge in [-0.25, -0.2) is 4.98 Å². The summed E-state index contributed by atoms with van der Waals surface area (Å²) >= 11 is 1.10. The van der Waals surface area contributed by atoms with Crippen LogP contribution in [0.25, 0.3) is 0 Å². The molecule has 0 aliphatic heterocycles. The third-order valence-electron chi connectivity index (χ3n) is 2.55. The molecule has 2 rings (SSSR count). The van der Waals surface area contributed by atoms with Gasteiger partial charge in [-0.1, -0.05) is 11.3 Å². The number of aryl methyl sites for hydroxylation is 1. The molecule has 96 valence electrons. The van der Waals surface area contributed by atoms with Crippen LogP contribution in [0.1, 0.15) is 11.5 Å². The molecule has 1 amide bonds. The summed E-state index contributed by atoms with van der Waals surface area (Å²) in [6.07, 6.45) is 1.39. The smallest absolute Gasteiger partial charge is 0.307 e. The van der Waals surface area contributed by atoms with E-state index in [4.69, 9.17) is 0 Å². The number of nitrogens with zero attached hydrogens (tertiary/aromatic N) is 4. The van der Waals surface area contributed by atoms with Crippen molar-refractivity contribution in [2.75, 3.05) is 7.05 Å². The van der Waals surface area contributed by atoms with Gasteiger partial charge in [0.25, 0.3) is 0 Å². The molecule has 2 aromatic heterocycles. The molecule has 0 saturated carbocycles. The van der Waals surface area contributed by atoms with Gasteiger partial charge in [0.15, 0.2) is 0 Å². The van der Waals surface area contributed by atoms with E-state index in [1.54, 1.807) is 12.4 Å². The van der Waals surface area contributed by atoms with Crippen LogP contribution in [0.3, 0.4) is 0 Å². The fourth-order valence-corrected chi connectivity index (χ4v) is 2.21. The molecule has 7 nitrogen and oxygen atoms in total. The van der Waals surface area contributed by atoms with E-state index >= 15 is 0 Å². The Morgan fingerprint density at radius 1 is 1.61 bits per heavy atom. The molecule has 0 aliphatic rings. The van der Waals surface area contributed by atoms with Gasteiger partial charge in [-0.05, 0) is 6.92 Å². The van der Waals surface area contributed by atoms with Crippen molar-refractivity contribution in [1.29, 1.82) is 0 Å². The average molecular weight is 267 g/mol. The monoisotopic (exact) mass is 267 g/mol. The summed E-state index contributed by atoms with van der Waals surface area (Å²) in [4.78, 5) is 28.8. The van der Waals surface area contributed by atoms with Crippen LogP contribution in [0, 0.1) is 6.92 Å². The van der Waals surface area contributed by atoms with Gasteiger partial charge in [-0.15, -0.1) is 0 Å². The number of H-pyrrole nitrogens is 1. The molecule has 0 aliphatic carbocycles. The Hall–Kier alpha value is -1.96. The van der Waals surface area contributed by atoms with Gasteiger partial charge < -0.3 is 4.90 Å². The predicted molar refractivity (Wildman–Crippen MR) is 66.2 cm³/mol. The summed E-state index contributed by atoms with van der Waals surface area (Å²) in [6.45, 7) is 2.21. The average Bonchev–Trinajstić information content (AvgIpc) is 2.94. The summed E-state index contributed by atoms with van der Waals surface area (Å²) in [5.74, 6) is 0.468. The minimum absolute atomic E-state index is 0.0544. The highest BCUT2D eigenvalue weighted by atomic mass is 32.1. The van der Waals surface area contributed by atoms with Crippen molar-refractivity contribution in [1.82, 2.24) is 24.6 Å². The van der Waals surface area contributed by atoms with Gasteiger partial charge in [0, 0.05) is 18.1 Å². The number of thiazole rings is 1. The SMILES string of the molecule is Cc1csc(=O)n1CC(=O)N(C)Cc1ncn[nH]1. The molecule has 18 heavy (non-hydrogen) atoms. The first-order chi connectivity index (χ1) is 8.58. The Morgan fingerprint density at radius 3 is 2.94 bits per heavy atom. The molecule has 2 aromatic rings. The van der Waals surface area contributed by atoms with Crippen LogP contribution in [-0.4, -0.2) is 37.6 Å². The molecule has 0 bridgehead atoms. The number of nitrogens with one attached hydrogen (secondary N) is 1. The van der Waals surface area contributed by atoms with Crippen molar-refractivity contribution in [3.8, 4) is 0 Å². The molecule has 0 spiro atoms. The fraction of sp³-hybridized carbons (Fsp3) is 0.400. The Bertz CT molecular complexity index is 586. The lowest BCUT2D eigenvalue weighted by atomic mass is 10.4. The largest absolute Gasteiger partial charge is 0.337 e. The molecule has 0 radical (unpaired) electrons. The maximum Gasteiger partial charge on any atom is 0.307 e. The number of aromatic amines is 1. The summed E-state index contributed by atoms with van der Waals surface area (Å²) in [6, 6.07) is 0. The highest BCUT2D eigenvalue weighted by Gasteiger charge is 2.13. The second-order valence-corrected chi connectivity index (χ2v) is 4.73. The summed E-state index contributed by atoms with van der Waals surface area (Å²) in [7, 11) is 1.66. The number of hydrogen-bond acceptors (Lipinski definition) is 5. The Balaban J connectivity index is 2.02. The van der Waals surface area contributed by atoms with Gasteiger partial charge in [-0.3, -0.25) is 19.3 Å². The second-order valence-electron chi connectivity index (χ2n) is 3.91. The molecule has 0 unspecified atom stereocenters. The first-order valence-electron chi connectivity index (χ1n) is 5.31. The molecule has 0 aromatic carbocycles. The second kappa shape index (κ2) is 5.13. The van der Waals surface area contributed by atoms with E-state index in [1.807, 2.05) is 6.92 Å². The van der Waals surface area contributed by atoms with Crippen LogP contribution in [-0.2, 0) is 17.9 Å². The Morgan fingerprint density at radius 2 is 2.39 bits per heavy atom. The minimum Gasteiger partial charge on any atom is -0.337 e. The number of likely N-dealkylation sites (N-methyl/N-ethyl adjacent to an activating group) is 1. The number of carbonyl (C=O) groups is 1. The number of hydrogen-bond donors (Lipinski definition) is 1. The molecule has 0 saturated heterocycles. The zero-order chi connectivity index (χ0) is 13.1. The highest BCUT2D eigenvalue weighted by Crippen LogP contribution is 2.02. The maximum absolute atomic E-state index is 11.9. The quantitative estimate of drug-likeness (QED) is 0.844. The molecule has 8 heteroatoms. The molecule has 0 fully saturated rings. The number of rotatable bonds is 4. The van der Waals surface area contributed by atoms with Crippen molar-refractivity contribution in [2.45, 2.75) is 20.0 Å². The van der Waals surface area contributed by atoms with Crippen molar-refractivity contribution in [3.05, 3.63) is 32.9 Å². The van der Waals surface area contributed by atoms with E-state index in [1.165, 1.54) is 15.8 Å². The van der Waals surface area contributed by atoms with Crippen molar-refractivity contribution >= 4 is 17.2 Å². The van der Waals surface area contributed by atoms with Crippen molar-refractivity contribution < 1.29 is 4.79 Å². The third-order valence-corrected chi connectivity index (χ3v) is 3.43. The topological polar surface area (TPSA) is 83.9 Å². The van der Waals surface area contributed by atoms with Crippen LogP contribution < -0.4 is 4.87 Å². The maximum atomic E-state index is 11.9. The molecular formula is C10H13N5O2S. The first kappa shape index (κ1) is 12.5. The van der Waals surface area contributed by atoms with E-state index < -0.39 is 0 Å². The lowest BCUT2D eigenvalue weighted by Gasteiger charge is -2.16. The summed E-state index contributed by atoms with van der Waals surface area (Å²) in [5.41, 5.74) is 0.798. The van der Waals surface area contributed by atoms with Crippen LogP contribution in [0.4, 0.5) is 0 Å². The molecule has 2 heterocycles. The van der Waals surface area contributed by atoms with Gasteiger partial charge in [-0.2, -0.15) is 5.10 Å². The Kier molecular flexibility index (Phi) is 3.56. The fourth-order valence-electron chi connectivity index (χ4n) is 1.47. The van der Waals surface area contributed by atoms with Crippen LogP contribution >= 0.6 is 11.3 Å².